The molecule has 1 rings (SSSR count). The molecule has 136 valence electrons. The van der Waals surface area contributed by atoms with Gasteiger partial charge in [-0.25, -0.2) is 0 Å². The lowest BCUT2D eigenvalue weighted by Crippen LogP contribution is -2.44. The van der Waals surface area contributed by atoms with E-state index in [1.165, 1.54) is 0 Å². The lowest BCUT2D eigenvalue weighted by atomic mass is 9.93. The molecule has 0 aliphatic rings. The zero-order valence-electron chi connectivity index (χ0n) is 16.4. The van der Waals surface area contributed by atoms with E-state index in [-0.39, 0.29) is 12.0 Å². The molecular weight excluding hydrogens is 302 g/mol. The summed E-state index contributed by atoms with van der Waals surface area (Å²) in [6, 6.07) is 3.90. The minimum atomic E-state index is -0.822. The van der Waals surface area contributed by atoms with Gasteiger partial charge in [-0.05, 0) is 77.1 Å². The van der Waals surface area contributed by atoms with Gasteiger partial charge in [0.15, 0.2) is 0 Å². The Labute approximate surface area is 146 Å². The number of aryl methyl sites for hydroxylation is 2. The quantitative estimate of drug-likeness (QED) is 0.737. The first-order valence-corrected chi connectivity index (χ1v) is 8.82. The van der Waals surface area contributed by atoms with Crippen molar-refractivity contribution in [1.82, 2.24) is 0 Å². The Morgan fingerprint density at radius 1 is 1.17 bits per heavy atom. The molecular formula is C20H33NO3. The molecule has 0 radical (unpaired) electrons. The van der Waals surface area contributed by atoms with E-state index in [1.54, 1.807) is 0 Å². The molecule has 0 aliphatic carbocycles. The van der Waals surface area contributed by atoms with Crippen LogP contribution in [0.15, 0.2) is 12.1 Å². The zero-order valence-corrected chi connectivity index (χ0v) is 16.4. The molecule has 0 saturated carbocycles. The first-order valence-electron chi connectivity index (χ1n) is 8.82. The van der Waals surface area contributed by atoms with Crippen molar-refractivity contribution in [2.45, 2.75) is 73.5 Å². The van der Waals surface area contributed by atoms with Crippen LogP contribution in [-0.2, 0) is 9.53 Å². The Morgan fingerprint density at radius 3 is 2.12 bits per heavy atom. The summed E-state index contributed by atoms with van der Waals surface area (Å²) in [5.41, 5.74) is 1.99. The van der Waals surface area contributed by atoms with Crippen LogP contribution < -0.4 is 10.1 Å². The highest BCUT2D eigenvalue weighted by atomic mass is 16.5. The van der Waals surface area contributed by atoms with Crippen LogP contribution in [0.25, 0.3) is 0 Å². The van der Waals surface area contributed by atoms with Gasteiger partial charge in [-0.2, -0.15) is 0 Å². The fourth-order valence-electron chi connectivity index (χ4n) is 3.02. The van der Waals surface area contributed by atoms with Crippen LogP contribution in [0.1, 0.15) is 59.1 Å². The van der Waals surface area contributed by atoms with Crippen LogP contribution in [0.3, 0.4) is 0 Å². The number of carbonyl (C=O) groups excluding carboxylic acids is 1. The van der Waals surface area contributed by atoms with E-state index < -0.39 is 5.60 Å². The van der Waals surface area contributed by atoms with Crippen LogP contribution in [0, 0.1) is 19.8 Å². The molecule has 24 heavy (non-hydrogen) atoms. The van der Waals surface area contributed by atoms with Gasteiger partial charge in [0, 0.05) is 12.3 Å². The summed E-state index contributed by atoms with van der Waals surface area (Å²) in [7, 11) is 0. The van der Waals surface area contributed by atoms with Gasteiger partial charge in [0.2, 0.25) is 0 Å². The predicted octanol–water partition coefficient (Wildman–Crippen LogP) is 4.87. The van der Waals surface area contributed by atoms with Crippen LogP contribution in [0.5, 0.6) is 5.75 Å². The number of rotatable bonds is 8. The molecule has 0 unspecified atom stereocenters. The summed E-state index contributed by atoms with van der Waals surface area (Å²) in [5.74, 6) is 1.16. The summed E-state index contributed by atoms with van der Waals surface area (Å²) in [6.07, 6.45) is 0.800. The lowest BCUT2D eigenvalue weighted by Gasteiger charge is -2.30. The number of benzene rings is 1. The Balaban J connectivity index is 3.00. The van der Waals surface area contributed by atoms with Crippen LogP contribution in [0.4, 0.5) is 5.69 Å². The lowest BCUT2D eigenvalue weighted by molar-refractivity contribution is -0.140. The molecule has 1 aromatic rings. The third-order valence-electron chi connectivity index (χ3n) is 3.81. The van der Waals surface area contributed by atoms with Gasteiger partial charge in [0.25, 0.3) is 5.91 Å². The average Bonchev–Trinajstić information content (AvgIpc) is 2.42. The van der Waals surface area contributed by atoms with E-state index in [2.05, 4.69) is 19.2 Å². The molecule has 0 heterocycles. The normalized spacial score (nSPS) is 13.9. The maximum absolute atomic E-state index is 12.8. The number of hydrogen-bond acceptors (Lipinski definition) is 3. The van der Waals surface area contributed by atoms with Crippen molar-refractivity contribution in [3.05, 3.63) is 23.3 Å². The maximum atomic E-state index is 12.8. The van der Waals surface area contributed by atoms with Gasteiger partial charge in [-0.3, -0.25) is 4.79 Å². The van der Waals surface area contributed by atoms with Crippen molar-refractivity contribution in [3.63, 3.8) is 0 Å². The topological polar surface area (TPSA) is 47.6 Å². The average molecular weight is 335 g/mol. The van der Waals surface area contributed by atoms with Crippen molar-refractivity contribution < 1.29 is 14.3 Å². The van der Waals surface area contributed by atoms with Crippen LogP contribution in [-0.4, -0.2) is 24.2 Å². The smallest absolute Gasteiger partial charge is 0.256 e. The maximum Gasteiger partial charge on any atom is 0.256 e. The third kappa shape index (κ3) is 5.52. The monoisotopic (exact) mass is 335 g/mol. The van der Waals surface area contributed by atoms with Crippen molar-refractivity contribution in [2.75, 3.05) is 11.9 Å². The van der Waals surface area contributed by atoms with E-state index in [1.807, 2.05) is 53.7 Å². The fraction of sp³-hybridized carbons (Fsp3) is 0.650. The number of anilines is 1. The summed E-state index contributed by atoms with van der Waals surface area (Å²) >= 11 is 0. The fourth-order valence-corrected chi connectivity index (χ4v) is 3.02. The van der Waals surface area contributed by atoms with Crippen LogP contribution >= 0.6 is 0 Å². The molecule has 0 saturated heterocycles. The molecule has 1 aromatic carbocycles. The second-order valence-corrected chi connectivity index (χ2v) is 7.32. The van der Waals surface area contributed by atoms with Crippen LogP contribution in [0.2, 0.25) is 0 Å². The molecule has 0 aliphatic heterocycles. The molecule has 4 heteroatoms. The summed E-state index contributed by atoms with van der Waals surface area (Å²) in [4.78, 5) is 12.8. The van der Waals surface area contributed by atoms with Gasteiger partial charge < -0.3 is 14.8 Å². The third-order valence-corrected chi connectivity index (χ3v) is 3.81. The van der Waals surface area contributed by atoms with Crippen molar-refractivity contribution in [3.8, 4) is 5.75 Å². The van der Waals surface area contributed by atoms with Gasteiger partial charge >= 0.3 is 0 Å². The standard InChI is InChI=1S/C20H33NO3/c1-9-23-20(8,12-13(2)3)19(22)21-17-10-15(6)18(16(7)11-17)24-14(4)5/h10-11,13-14H,9,12H2,1-8H3,(H,21,22)/t20-/m1/s1. The molecule has 0 bridgehead atoms. The summed E-state index contributed by atoms with van der Waals surface area (Å²) in [6.45, 7) is 16.5. The highest BCUT2D eigenvalue weighted by Crippen LogP contribution is 2.29. The van der Waals surface area contributed by atoms with Gasteiger partial charge in [0.05, 0.1) is 6.10 Å². The van der Waals surface area contributed by atoms with E-state index in [9.17, 15) is 4.79 Å². The van der Waals surface area contributed by atoms with Gasteiger partial charge in [-0.1, -0.05) is 13.8 Å². The summed E-state index contributed by atoms with van der Waals surface area (Å²) < 4.78 is 11.6. The SMILES string of the molecule is CCO[C@](C)(CC(C)C)C(=O)Nc1cc(C)c(OC(C)C)c(C)c1. The van der Waals surface area contributed by atoms with Gasteiger partial charge in [0.1, 0.15) is 11.4 Å². The van der Waals surface area contributed by atoms with Crippen molar-refractivity contribution in [2.24, 2.45) is 5.92 Å². The first kappa shape index (κ1) is 20.5. The molecule has 0 spiro atoms. The number of hydrogen-bond donors (Lipinski definition) is 1. The number of nitrogens with one attached hydrogen (secondary N) is 1. The van der Waals surface area contributed by atoms with E-state index in [4.69, 9.17) is 9.47 Å². The molecule has 1 atom stereocenters. The predicted molar refractivity (Wildman–Crippen MR) is 99.8 cm³/mol. The van der Waals surface area contributed by atoms with E-state index >= 15 is 0 Å². The summed E-state index contributed by atoms with van der Waals surface area (Å²) in [5, 5.41) is 3.02. The van der Waals surface area contributed by atoms with E-state index in [0.717, 1.165) is 22.6 Å². The molecule has 0 aromatic heterocycles. The minimum Gasteiger partial charge on any atom is -0.490 e. The van der Waals surface area contributed by atoms with Crippen molar-refractivity contribution in [1.29, 1.82) is 0 Å². The Morgan fingerprint density at radius 2 is 1.71 bits per heavy atom. The Bertz CT molecular complexity index is 543. The molecule has 1 amide bonds. The minimum absolute atomic E-state index is 0.102. The first-order chi connectivity index (χ1) is 11.1. The number of amides is 1. The van der Waals surface area contributed by atoms with Crippen molar-refractivity contribution >= 4 is 11.6 Å². The Kier molecular flexibility index (Phi) is 7.27. The Hall–Kier alpha value is -1.55. The molecule has 4 nitrogen and oxygen atoms in total. The highest BCUT2D eigenvalue weighted by molar-refractivity contribution is 5.97. The zero-order chi connectivity index (χ0) is 18.5. The number of carbonyl (C=O) groups is 1. The largest absolute Gasteiger partial charge is 0.490 e. The molecule has 0 fully saturated rings. The second-order valence-electron chi connectivity index (χ2n) is 7.32. The number of ether oxygens (including phenoxy) is 2. The molecule has 1 N–H and O–H groups in total. The van der Waals surface area contributed by atoms with Gasteiger partial charge in [-0.15, -0.1) is 0 Å². The second kappa shape index (κ2) is 8.52. The van der Waals surface area contributed by atoms with E-state index in [0.29, 0.717) is 18.9 Å². The highest BCUT2D eigenvalue weighted by Gasteiger charge is 2.34.